The van der Waals surface area contributed by atoms with Crippen LogP contribution < -0.4 is 0 Å². The number of likely N-dealkylation sites (N-methyl/N-ethyl adjacent to an activating group) is 1. The van der Waals surface area contributed by atoms with Gasteiger partial charge in [0, 0.05) is 19.6 Å². The molecule has 5 heteroatoms. The molecule has 0 fully saturated rings. The minimum atomic E-state index is -0.701. The van der Waals surface area contributed by atoms with Crippen LogP contribution in [-0.2, 0) is 13.1 Å². The molecule has 1 heterocycles. The summed E-state index contributed by atoms with van der Waals surface area (Å²) in [6, 6.07) is 0. The Labute approximate surface area is 108 Å². The smallest absolute Gasteiger partial charge is 0.0860 e. The Hall–Kier alpha value is -0.580. The lowest BCUT2D eigenvalue weighted by Gasteiger charge is -2.25. The largest absolute Gasteiger partial charge is 0.389 e. The summed E-state index contributed by atoms with van der Waals surface area (Å²) in [5, 5.41) is 14.9. The van der Waals surface area contributed by atoms with Gasteiger partial charge in [-0.2, -0.15) is 5.10 Å². The maximum absolute atomic E-state index is 9.77. The molecule has 0 amide bonds. The molecule has 0 saturated carbocycles. The van der Waals surface area contributed by atoms with Crippen molar-refractivity contribution < 1.29 is 5.11 Å². The van der Waals surface area contributed by atoms with Crippen LogP contribution in [0.3, 0.4) is 0 Å². The van der Waals surface area contributed by atoms with Crippen LogP contribution in [0.5, 0.6) is 0 Å². The molecule has 98 valence electrons. The summed E-state index contributed by atoms with van der Waals surface area (Å²) in [5.74, 6) is 0. The zero-order chi connectivity index (χ0) is 13.2. The minimum Gasteiger partial charge on any atom is -0.389 e. The Morgan fingerprint density at radius 3 is 2.53 bits per heavy atom. The summed E-state index contributed by atoms with van der Waals surface area (Å²) < 4.78 is 1.92. The summed E-state index contributed by atoms with van der Waals surface area (Å²) >= 11 is 6.24. The molecule has 0 bridgehead atoms. The number of aromatic nitrogens is 2. The summed E-state index contributed by atoms with van der Waals surface area (Å²) in [4.78, 5) is 2.05. The molecule has 4 nitrogen and oxygen atoms in total. The molecule has 17 heavy (non-hydrogen) atoms. The van der Waals surface area contributed by atoms with Crippen molar-refractivity contribution in [2.45, 2.75) is 46.4 Å². The number of rotatable bonds is 5. The van der Waals surface area contributed by atoms with E-state index in [9.17, 15) is 5.11 Å². The van der Waals surface area contributed by atoms with Gasteiger partial charge in [-0.3, -0.25) is 9.58 Å². The second-order valence-electron chi connectivity index (χ2n) is 5.15. The Bertz CT molecular complexity index is 382. The predicted molar refractivity (Wildman–Crippen MR) is 70.3 cm³/mol. The van der Waals surface area contributed by atoms with Crippen molar-refractivity contribution in [3.8, 4) is 0 Å². The first-order valence-corrected chi connectivity index (χ1v) is 6.25. The van der Waals surface area contributed by atoms with Gasteiger partial charge in [-0.05, 0) is 34.7 Å². The average molecular weight is 260 g/mol. The van der Waals surface area contributed by atoms with E-state index in [0.29, 0.717) is 13.1 Å². The molecule has 0 spiro atoms. The topological polar surface area (TPSA) is 41.3 Å². The number of hydrogen-bond donors (Lipinski definition) is 1. The van der Waals surface area contributed by atoms with E-state index in [1.165, 1.54) is 0 Å². The number of aliphatic hydroxyl groups is 1. The standard InChI is InChI=1S/C12H22ClN3O/c1-6-16-10(11(13)9(2)14-16)7-15(5)8-12(3,4)17/h17H,6-8H2,1-5H3. The van der Waals surface area contributed by atoms with Crippen LogP contribution in [-0.4, -0.2) is 39.0 Å². The molecule has 0 radical (unpaired) electrons. The second-order valence-corrected chi connectivity index (χ2v) is 5.52. The molecular weight excluding hydrogens is 238 g/mol. The van der Waals surface area contributed by atoms with Crippen molar-refractivity contribution in [3.63, 3.8) is 0 Å². The molecule has 1 rings (SSSR count). The zero-order valence-electron chi connectivity index (χ0n) is 11.3. The van der Waals surface area contributed by atoms with Crippen molar-refractivity contribution in [3.05, 3.63) is 16.4 Å². The lowest BCUT2D eigenvalue weighted by Crippen LogP contribution is -2.36. The van der Waals surface area contributed by atoms with E-state index in [4.69, 9.17) is 11.6 Å². The molecule has 0 aromatic carbocycles. The van der Waals surface area contributed by atoms with Gasteiger partial charge >= 0.3 is 0 Å². The Kier molecular flexibility index (Phi) is 4.58. The van der Waals surface area contributed by atoms with Crippen LogP contribution in [0.1, 0.15) is 32.2 Å². The van der Waals surface area contributed by atoms with Crippen LogP contribution in [0.2, 0.25) is 5.02 Å². The van der Waals surface area contributed by atoms with Gasteiger partial charge in [0.2, 0.25) is 0 Å². The molecule has 0 atom stereocenters. The Morgan fingerprint density at radius 2 is 2.06 bits per heavy atom. The summed E-state index contributed by atoms with van der Waals surface area (Å²) in [7, 11) is 1.97. The average Bonchev–Trinajstić information content (AvgIpc) is 2.42. The lowest BCUT2D eigenvalue weighted by atomic mass is 10.1. The molecule has 1 N–H and O–H groups in total. The normalized spacial score (nSPS) is 12.5. The van der Waals surface area contributed by atoms with E-state index < -0.39 is 5.60 Å². The maximum Gasteiger partial charge on any atom is 0.0860 e. The summed E-state index contributed by atoms with van der Waals surface area (Å²) in [5.41, 5.74) is 1.17. The van der Waals surface area contributed by atoms with Crippen molar-refractivity contribution in [1.29, 1.82) is 0 Å². The Morgan fingerprint density at radius 1 is 1.47 bits per heavy atom. The van der Waals surface area contributed by atoms with E-state index in [-0.39, 0.29) is 0 Å². The fourth-order valence-corrected chi connectivity index (χ4v) is 2.19. The number of nitrogens with zero attached hydrogens (tertiary/aromatic N) is 3. The van der Waals surface area contributed by atoms with Gasteiger partial charge in [0.25, 0.3) is 0 Å². The lowest BCUT2D eigenvalue weighted by molar-refractivity contribution is 0.0418. The third-order valence-electron chi connectivity index (χ3n) is 2.53. The quantitative estimate of drug-likeness (QED) is 0.880. The third-order valence-corrected chi connectivity index (χ3v) is 3.02. The van der Waals surface area contributed by atoms with Crippen LogP contribution in [0, 0.1) is 6.92 Å². The second kappa shape index (κ2) is 5.38. The van der Waals surface area contributed by atoms with Gasteiger partial charge < -0.3 is 5.11 Å². The van der Waals surface area contributed by atoms with E-state index >= 15 is 0 Å². The highest BCUT2D eigenvalue weighted by Gasteiger charge is 2.19. The van der Waals surface area contributed by atoms with Gasteiger partial charge in [-0.15, -0.1) is 0 Å². The predicted octanol–water partition coefficient (Wildman–Crippen LogP) is 2.07. The molecule has 1 aromatic heterocycles. The highest BCUT2D eigenvalue weighted by Crippen LogP contribution is 2.21. The van der Waals surface area contributed by atoms with Crippen molar-refractivity contribution in [1.82, 2.24) is 14.7 Å². The molecule has 0 saturated heterocycles. The van der Waals surface area contributed by atoms with Crippen LogP contribution in [0.15, 0.2) is 0 Å². The molecule has 0 aliphatic carbocycles. The van der Waals surface area contributed by atoms with Crippen LogP contribution in [0.25, 0.3) is 0 Å². The van der Waals surface area contributed by atoms with Gasteiger partial charge in [0.15, 0.2) is 0 Å². The number of halogens is 1. The highest BCUT2D eigenvalue weighted by molar-refractivity contribution is 6.31. The van der Waals surface area contributed by atoms with Gasteiger partial charge in [-0.25, -0.2) is 0 Å². The van der Waals surface area contributed by atoms with E-state index in [1.54, 1.807) is 13.8 Å². The monoisotopic (exact) mass is 259 g/mol. The fraction of sp³-hybridized carbons (Fsp3) is 0.750. The molecule has 0 aliphatic rings. The molecule has 0 aliphatic heterocycles. The number of aryl methyl sites for hydroxylation is 2. The van der Waals surface area contributed by atoms with E-state index in [2.05, 4.69) is 10.00 Å². The molecule has 0 unspecified atom stereocenters. The molecule has 1 aromatic rings. The van der Waals surface area contributed by atoms with Crippen LogP contribution >= 0.6 is 11.6 Å². The first-order valence-electron chi connectivity index (χ1n) is 5.87. The first kappa shape index (κ1) is 14.5. The Balaban J connectivity index is 2.80. The summed E-state index contributed by atoms with van der Waals surface area (Å²) in [6.45, 7) is 9.64. The summed E-state index contributed by atoms with van der Waals surface area (Å²) in [6.07, 6.45) is 0. The molecular formula is C12H22ClN3O. The van der Waals surface area contributed by atoms with Gasteiger partial charge in [0.1, 0.15) is 0 Å². The maximum atomic E-state index is 9.77. The number of hydrogen-bond acceptors (Lipinski definition) is 3. The van der Waals surface area contributed by atoms with Crippen molar-refractivity contribution >= 4 is 11.6 Å². The van der Waals surface area contributed by atoms with Gasteiger partial charge in [-0.1, -0.05) is 11.6 Å². The van der Waals surface area contributed by atoms with E-state index in [0.717, 1.165) is 23.0 Å². The van der Waals surface area contributed by atoms with Gasteiger partial charge in [0.05, 0.1) is 22.0 Å². The minimum absolute atomic E-state index is 0.595. The first-order chi connectivity index (χ1) is 7.74. The van der Waals surface area contributed by atoms with Crippen LogP contribution in [0.4, 0.5) is 0 Å². The highest BCUT2D eigenvalue weighted by atomic mass is 35.5. The SMILES string of the molecule is CCn1nc(C)c(Cl)c1CN(C)CC(C)(C)O. The van der Waals surface area contributed by atoms with Crippen molar-refractivity contribution in [2.75, 3.05) is 13.6 Å². The van der Waals surface area contributed by atoms with Crippen molar-refractivity contribution in [2.24, 2.45) is 0 Å². The fourth-order valence-electron chi connectivity index (χ4n) is 1.99. The zero-order valence-corrected chi connectivity index (χ0v) is 12.0. The third kappa shape index (κ3) is 3.98. The van der Waals surface area contributed by atoms with E-state index in [1.807, 2.05) is 25.6 Å².